The number of hydrogen-bond acceptors (Lipinski definition) is 8. The van der Waals surface area contributed by atoms with Gasteiger partial charge in [-0.25, -0.2) is 34.7 Å². The summed E-state index contributed by atoms with van der Waals surface area (Å²) in [6, 6.07) is 147. The predicted molar refractivity (Wildman–Crippen MR) is 528 cm³/mol. The maximum absolute atomic E-state index is 11.0. The Morgan fingerprint density at radius 2 is 0.508 bits per heavy atom. The molecule has 0 atom stereocenters. The van der Waals surface area contributed by atoms with Gasteiger partial charge < -0.3 is 27.3 Å². The van der Waals surface area contributed by atoms with Crippen LogP contribution in [0.2, 0.25) is 0 Å². The van der Waals surface area contributed by atoms with Gasteiger partial charge in [-0.2, -0.15) is 5.26 Å². The molecular weight excluding hydrogens is 1590 g/mol. The molecule has 130 heavy (non-hydrogen) atoms. The third-order valence-corrected chi connectivity index (χ3v) is 25.3. The molecule has 14 nitrogen and oxygen atoms in total. The quantitative estimate of drug-likeness (QED) is 0.110. The molecule has 0 bridgehead atoms. The molecule has 604 valence electrons. The summed E-state index contributed by atoms with van der Waals surface area (Å²) in [5, 5.41) is 24.2. The zero-order valence-corrected chi connectivity index (χ0v) is 69.6. The van der Waals surface area contributed by atoms with Crippen molar-refractivity contribution >= 4 is 137 Å². The van der Waals surface area contributed by atoms with Gasteiger partial charge in [0.2, 0.25) is 5.69 Å². The van der Waals surface area contributed by atoms with E-state index >= 15 is 0 Å². The van der Waals surface area contributed by atoms with Crippen LogP contribution >= 0.6 is 0 Å². The van der Waals surface area contributed by atoms with Crippen LogP contribution in [0.15, 0.2) is 423 Å². The normalized spacial score (nSPS) is 11.7. The van der Waals surface area contributed by atoms with Gasteiger partial charge in [0.1, 0.15) is 11.2 Å². The summed E-state index contributed by atoms with van der Waals surface area (Å²) in [7, 11) is 0. The third-order valence-electron chi connectivity index (χ3n) is 25.3. The maximum Gasteiger partial charge on any atom is 0.224 e. The van der Waals surface area contributed by atoms with Crippen LogP contribution < -0.4 is 0 Å². The van der Waals surface area contributed by atoms with Crippen LogP contribution in [0.25, 0.3) is 244 Å². The van der Waals surface area contributed by atoms with Crippen molar-refractivity contribution in [3.8, 4) is 114 Å². The van der Waals surface area contributed by atoms with E-state index in [0.717, 1.165) is 187 Å². The number of benzene rings is 18. The second kappa shape index (κ2) is 30.3. The zero-order chi connectivity index (χ0) is 86.0. The van der Waals surface area contributed by atoms with E-state index in [1.165, 1.54) is 0 Å². The van der Waals surface area contributed by atoms with E-state index < -0.39 is 0 Å². The molecule has 0 aliphatic carbocycles. The van der Waals surface area contributed by atoms with Crippen molar-refractivity contribution in [3.63, 3.8) is 0 Å². The Bertz CT molecular complexity index is 8840. The number of fused-ring (bicyclic) bond motifs is 18. The van der Waals surface area contributed by atoms with Gasteiger partial charge in [-0.1, -0.05) is 340 Å². The fourth-order valence-electron chi connectivity index (χ4n) is 19.8. The number of aromatic nitrogens is 11. The molecule has 26 rings (SSSR count). The SMILES string of the molecule is [C-]#[N+]c1c(-c2nc(-c3ccccc3)nc(-c3ccccc3)n2)c(C#N)cc(-n2c3ccccc3c3ccccc32)c1-n1c2ccccc2c2ccccc21.c1ccc(-c2nc(-c3ccccc3)nc(-c3c(-n4c5ccccc5c5ccccc54)cc(-n4c5ccccc5c5ccccc54)c(-n4c5ccccc5c5ccccc54)c3-c3cccc4c3oc3ccccc34)n2)cc1. The summed E-state index contributed by atoms with van der Waals surface area (Å²) in [5.74, 6) is 2.80. The van der Waals surface area contributed by atoms with Crippen LogP contribution in [0.3, 0.4) is 0 Å². The largest absolute Gasteiger partial charge is 0.455 e. The molecular formula is C116H69N13O. The molecule has 0 spiro atoms. The summed E-state index contributed by atoms with van der Waals surface area (Å²) >= 11 is 0. The number of para-hydroxylation sites is 12. The minimum atomic E-state index is 0.251. The summed E-state index contributed by atoms with van der Waals surface area (Å²) < 4.78 is 19.0. The highest BCUT2D eigenvalue weighted by Crippen LogP contribution is 2.54. The van der Waals surface area contributed by atoms with Crippen LogP contribution in [0.5, 0.6) is 0 Å². The second-order valence-electron chi connectivity index (χ2n) is 32.5. The standard InChI is InChI=1S/C69H42N6O.C47H27N7/c1-3-22-43(23-4-1)67-70-68(44-24-5-2-6-25-44)72-69(71-67)64-60(73-54-35-14-7-26-45(54)46-27-8-15-36-55(46)73)42-61(74-56-37-16-9-28-47(56)48-29-10-17-38-57(48)74)65(75-58-39-18-11-30-49(58)50-31-12-19-40-59(50)75)63(64)53-34-21-33-52-51-32-13-20-41-62(51)76-66(52)53;1-49-43-42(47-51-45(30-16-4-2-5-17-30)50-46(52-47)31-18-6-3-7-19-31)32(29-48)28-41(53-37-24-12-8-20-33(37)34-21-9-13-25-38(34)53)44(43)54-39-26-14-10-22-35(39)36-23-11-15-27-40(36)54/h1-42H;2-28H. The van der Waals surface area contributed by atoms with Gasteiger partial charge in [0.05, 0.1) is 107 Å². The minimum Gasteiger partial charge on any atom is -0.455 e. The number of furan rings is 1. The Balaban J connectivity index is 0.000000149. The molecule has 0 fully saturated rings. The summed E-state index contributed by atoms with van der Waals surface area (Å²) in [6.07, 6.45) is 0. The smallest absolute Gasteiger partial charge is 0.224 e. The summed E-state index contributed by atoms with van der Waals surface area (Å²) in [6.45, 7) is 8.97. The van der Waals surface area contributed by atoms with Crippen molar-refractivity contribution in [2.75, 3.05) is 0 Å². The number of hydrogen-bond donors (Lipinski definition) is 0. The Labute approximate surface area is 743 Å². The highest BCUT2D eigenvalue weighted by atomic mass is 16.3. The van der Waals surface area contributed by atoms with Gasteiger partial charge in [-0.05, 0) is 78.9 Å². The molecule has 0 amide bonds. The van der Waals surface area contributed by atoms with E-state index in [-0.39, 0.29) is 17.1 Å². The lowest BCUT2D eigenvalue weighted by molar-refractivity contribution is 0.670. The fourth-order valence-corrected chi connectivity index (χ4v) is 19.8. The predicted octanol–water partition coefficient (Wildman–Crippen LogP) is 29.2. The van der Waals surface area contributed by atoms with Gasteiger partial charge in [-0.15, -0.1) is 0 Å². The molecule has 0 saturated heterocycles. The van der Waals surface area contributed by atoms with E-state index in [9.17, 15) is 5.26 Å². The molecule has 0 radical (unpaired) electrons. The van der Waals surface area contributed by atoms with Gasteiger partial charge >= 0.3 is 0 Å². The van der Waals surface area contributed by atoms with Crippen LogP contribution in [0, 0.1) is 17.9 Å². The fraction of sp³-hybridized carbons (Fsp3) is 0. The van der Waals surface area contributed by atoms with E-state index in [0.29, 0.717) is 46.1 Å². The van der Waals surface area contributed by atoms with Gasteiger partial charge in [0.15, 0.2) is 34.9 Å². The molecule has 0 unspecified atom stereocenters. The molecule has 0 N–H and O–H groups in total. The zero-order valence-electron chi connectivity index (χ0n) is 69.6. The number of rotatable bonds is 12. The van der Waals surface area contributed by atoms with Crippen molar-refractivity contribution in [1.29, 1.82) is 5.26 Å². The molecule has 26 aromatic rings. The van der Waals surface area contributed by atoms with E-state index in [4.69, 9.17) is 40.9 Å². The van der Waals surface area contributed by atoms with Crippen LogP contribution in [-0.4, -0.2) is 52.7 Å². The topological polar surface area (TPSA) is 143 Å². The van der Waals surface area contributed by atoms with Gasteiger partial charge in [0, 0.05) is 104 Å². The van der Waals surface area contributed by atoms with Crippen molar-refractivity contribution in [1.82, 2.24) is 52.7 Å². The Morgan fingerprint density at radius 3 is 0.846 bits per heavy atom. The van der Waals surface area contributed by atoms with E-state index in [1.54, 1.807) is 0 Å². The summed E-state index contributed by atoms with van der Waals surface area (Å²) in [5.41, 5.74) is 22.8. The Morgan fingerprint density at radius 1 is 0.238 bits per heavy atom. The molecule has 8 aromatic heterocycles. The third kappa shape index (κ3) is 11.7. The highest BCUT2D eigenvalue weighted by molar-refractivity contribution is 6.19. The average Bonchev–Trinajstić information content (AvgIpc) is 1.42. The lowest BCUT2D eigenvalue weighted by Gasteiger charge is -2.26. The monoisotopic (exact) mass is 1660 g/mol. The average molecular weight is 1660 g/mol. The lowest BCUT2D eigenvalue weighted by atomic mass is 9.91. The first-order chi connectivity index (χ1) is 64.5. The Kier molecular flexibility index (Phi) is 17.4. The first kappa shape index (κ1) is 74.4. The molecule has 0 aliphatic heterocycles. The van der Waals surface area contributed by atoms with Crippen LogP contribution in [0.4, 0.5) is 5.69 Å². The second-order valence-corrected chi connectivity index (χ2v) is 32.5. The van der Waals surface area contributed by atoms with Crippen LogP contribution in [-0.2, 0) is 0 Å². The number of nitriles is 1. The Hall–Kier alpha value is -18.2. The van der Waals surface area contributed by atoms with Crippen molar-refractivity contribution in [3.05, 3.63) is 436 Å². The molecule has 14 heteroatoms. The number of nitrogens with zero attached hydrogens (tertiary/aromatic N) is 13. The molecule has 0 saturated carbocycles. The molecule has 0 aliphatic rings. The lowest BCUT2D eigenvalue weighted by Crippen LogP contribution is -2.12. The summed E-state index contributed by atoms with van der Waals surface area (Å²) in [4.78, 5) is 36.0. The minimum absolute atomic E-state index is 0.251. The first-order valence-electron chi connectivity index (χ1n) is 43.3. The molecule has 18 aromatic carbocycles. The van der Waals surface area contributed by atoms with Crippen molar-refractivity contribution in [2.45, 2.75) is 0 Å². The first-order valence-corrected chi connectivity index (χ1v) is 43.3. The maximum atomic E-state index is 11.0. The van der Waals surface area contributed by atoms with Gasteiger partial charge in [0.25, 0.3) is 0 Å². The van der Waals surface area contributed by atoms with Gasteiger partial charge in [-0.3, -0.25) is 0 Å². The van der Waals surface area contributed by atoms with Crippen molar-refractivity contribution in [2.24, 2.45) is 0 Å². The highest BCUT2D eigenvalue weighted by Gasteiger charge is 2.35. The van der Waals surface area contributed by atoms with Crippen LogP contribution in [0.1, 0.15) is 5.56 Å². The van der Waals surface area contributed by atoms with E-state index in [2.05, 4.69) is 295 Å². The molecule has 8 heterocycles. The van der Waals surface area contributed by atoms with Crippen molar-refractivity contribution < 1.29 is 4.42 Å². The van der Waals surface area contributed by atoms with E-state index in [1.807, 2.05) is 158 Å².